The lowest BCUT2D eigenvalue weighted by molar-refractivity contribution is 0.322. The van der Waals surface area contributed by atoms with Crippen LogP contribution in [0.5, 0.6) is 0 Å². The Labute approximate surface area is 124 Å². The summed E-state index contributed by atoms with van der Waals surface area (Å²) in [4.78, 5) is 7.03. The molecule has 1 fully saturated rings. The Morgan fingerprint density at radius 2 is 2.32 bits per heavy atom. The summed E-state index contributed by atoms with van der Waals surface area (Å²) in [6.07, 6.45) is 1.26. The van der Waals surface area contributed by atoms with E-state index in [-0.39, 0.29) is 12.4 Å². The minimum absolute atomic E-state index is 0. The van der Waals surface area contributed by atoms with Gasteiger partial charge in [-0.05, 0) is 38.1 Å². The van der Waals surface area contributed by atoms with Gasteiger partial charge in [-0.2, -0.15) is 0 Å². The van der Waals surface area contributed by atoms with Gasteiger partial charge in [0, 0.05) is 25.7 Å². The van der Waals surface area contributed by atoms with Crippen LogP contribution in [-0.4, -0.2) is 36.1 Å². The summed E-state index contributed by atoms with van der Waals surface area (Å²) in [6.45, 7) is 5.49. The molecule has 0 spiro atoms. The van der Waals surface area contributed by atoms with Crippen molar-refractivity contribution in [3.63, 3.8) is 0 Å². The predicted molar refractivity (Wildman–Crippen MR) is 84.3 cm³/mol. The van der Waals surface area contributed by atoms with E-state index in [2.05, 4.69) is 47.4 Å². The van der Waals surface area contributed by atoms with Crippen molar-refractivity contribution < 1.29 is 0 Å². The first-order valence-electron chi connectivity index (χ1n) is 6.50. The topological polar surface area (TPSA) is 28.2 Å². The molecule has 0 amide bonds. The van der Waals surface area contributed by atoms with Gasteiger partial charge in [0.1, 0.15) is 0 Å². The molecule has 0 bridgehead atoms. The summed E-state index contributed by atoms with van der Waals surface area (Å²) in [5.74, 6) is 0. The molecule has 5 heteroatoms. The van der Waals surface area contributed by atoms with E-state index in [1.165, 1.54) is 23.2 Å². The van der Waals surface area contributed by atoms with E-state index >= 15 is 0 Å². The highest BCUT2D eigenvalue weighted by molar-refractivity contribution is 7.18. The first-order valence-corrected chi connectivity index (χ1v) is 7.32. The first-order chi connectivity index (χ1) is 8.74. The van der Waals surface area contributed by atoms with E-state index < -0.39 is 0 Å². The fraction of sp³-hybridized carbons (Fsp3) is 0.500. The van der Waals surface area contributed by atoms with E-state index in [4.69, 9.17) is 0 Å². The number of hydrogen-bond acceptors (Lipinski definition) is 4. The molecule has 0 radical (unpaired) electrons. The third kappa shape index (κ3) is 3.26. The van der Waals surface area contributed by atoms with Gasteiger partial charge in [0.05, 0.1) is 15.2 Å². The van der Waals surface area contributed by atoms with Crippen LogP contribution in [0.15, 0.2) is 18.2 Å². The number of rotatable bonds is 3. The van der Waals surface area contributed by atoms with E-state index in [0.717, 1.165) is 23.6 Å². The summed E-state index contributed by atoms with van der Waals surface area (Å²) in [5, 5.41) is 4.51. The number of halogens is 1. The molecule has 1 atom stereocenters. The Hall–Kier alpha value is -0.680. The van der Waals surface area contributed by atoms with E-state index in [1.807, 2.05) is 0 Å². The van der Waals surface area contributed by atoms with Crippen molar-refractivity contribution in [3.8, 4) is 0 Å². The Bertz CT molecular complexity index is 555. The quantitative estimate of drug-likeness (QED) is 0.944. The molecular formula is C14H20ClN3S. The van der Waals surface area contributed by atoms with Gasteiger partial charge in [-0.15, -0.1) is 23.7 Å². The highest BCUT2D eigenvalue weighted by atomic mass is 35.5. The maximum Gasteiger partial charge on any atom is 0.0907 e. The van der Waals surface area contributed by atoms with E-state index in [1.54, 1.807) is 11.3 Å². The first kappa shape index (κ1) is 14.7. The van der Waals surface area contributed by atoms with Crippen LogP contribution in [0, 0.1) is 6.92 Å². The van der Waals surface area contributed by atoms with Crippen LogP contribution in [0.1, 0.15) is 17.0 Å². The summed E-state index contributed by atoms with van der Waals surface area (Å²) < 4.78 is 1.31. The highest BCUT2D eigenvalue weighted by Gasteiger charge is 2.20. The molecule has 3 nitrogen and oxygen atoms in total. The second kappa shape index (κ2) is 6.18. The van der Waals surface area contributed by atoms with Crippen LogP contribution in [0.2, 0.25) is 0 Å². The Morgan fingerprint density at radius 1 is 1.47 bits per heavy atom. The maximum atomic E-state index is 4.51. The van der Waals surface area contributed by atoms with Gasteiger partial charge in [-0.25, -0.2) is 4.98 Å². The summed E-state index contributed by atoms with van der Waals surface area (Å²) >= 11 is 1.79. The van der Waals surface area contributed by atoms with Crippen LogP contribution >= 0.6 is 23.7 Å². The number of nitrogens with zero attached hydrogens (tertiary/aromatic N) is 2. The number of fused-ring (bicyclic) bond motifs is 1. The smallest absolute Gasteiger partial charge is 0.0907 e. The molecule has 1 aliphatic rings. The van der Waals surface area contributed by atoms with Crippen molar-refractivity contribution >= 4 is 34.0 Å². The highest BCUT2D eigenvalue weighted by Crippen LogP contribution is 2.23. The van der Waals surface area contributed by atoms with Gasteiger partial charge in [0.15, 0.2) is 0 Å². The van der Waals surface area contributed by atoms with Crippen LogP contribution in [0.4, 0.5) is 0 Å². The van der Waals surface area contributed by atoms with Crippen LogP contribution in [-0.2, 0) is 6.54 Å². The summed E-state index contributed by atoms with van der Waals surface area (Å²) in [5.41, 5.74) is 2.54. The minimum Gasteiger partial charge on any atom is -0.316 e. The average Bonchev–Trinajstić information content (AvgIpc) is 2.94. The molecule has 1 aromatic heterocycles. The van der Waals surface area contributed by atoms with Crippen molar-refractivity contribution in [1.82, 2.24) is 15.2 Å². The second-order valence-corrected chi connectivity index (χ2v) is 6.28. The number of likely N-dealkylation sites (tertiary alicyclic amines) is 1. The number of hydrogen-bond donors (Lipinski definition) is 1. The molecule has 1 saturated heterocycles. The lowest BCUT2D eigenvalue weighted by Crippen LogP contribution is -2.29. The second-order valence-electron chi connectivity index (χ2n) is 5.04. The number of nitrogens with one attached hydrogen (secondary N) is 1. The lowest BCUT2D eigenvalue weighted by atomic mass is 10.2. The number of benzene rings is 1. The predicted octanol–water partition coefficient (Wildman–Crippen LogP) is 2.82. The minimum atomic E-state index is 0. The molecule has 0 aliphatic carbocycles. The number of aromatic nitrogens is 1. The molecule has 1 aromatic carbocycles. The molecular weight excluding hydrogens is 278 g/mol. The molecule has 1 aliphatic heterocycles. The van der Waals surface area contributed by atoms with Crippen LogP contribution in [0.3, 0.4) is 0 Å². The SMILES string of the molecule is CNC1CCN(Cc2ccc3nc(C)sc3c2)C1.Cl. The zero-order valence-corrected chi connectivity index (χ0v) is 13.0. The van der Waals surface area contributed by atoms with E-state index in [0.29, 0.717) is 6.04 Å². The lowest BCUT2D eigenvalue weighted by Gasteiger charge is -2.15. The fourth-order valence-corrected chi connectivity index (χ4v) is 3.54. The average molecular weight is 298 g/mol. The Balaban J connectivity index is 0.00000133. The van der Waals surface area contributed by atoms with Gasteiger partial charge in [0.25, 0.3) is 0 Å². The summed E-state index contributed by atoms with van der Waals surface area (Å²) in [6, 6.07) is 7.33. The Morgan fingerprint density at radius 3 is 3.05 bits per heavy atom. The molecule has 2 heterocycles. The standard InChI is InChI=1S/C14H19N3S.ClH/c1-10-16-13-4-3-11(7-14(13)18-10)8-17-6-5-12(9-17)15-2;/h3-4,7,12,15H,5-6,8-9H2,1-2H3;1H. The maximum absolute atomic E-state index is 4.51. The van der Waals surface area contributed by atoms with Gasteiger partial charge < -0.3 is 5.32 Å². The zero-order valence-electron chi connectivity index (χ0n) is 11.3. The van der Waals surface area contributed by atoms with Gasteiger partial charge in [-0.3, -0.25) is 4.90 Å². The molecule has 104 valence electrons. The molecule has 19 heavy (non-hydrogen) atoms. The third-order valence-corrected chi connectivity index (χ3v) is 4.58. The number of aryl methyl sites for hydroxylation is 1. The van der Waals surface area contributed by atoms with Crippen molar-refractivity contribution in [2.45, 2.75) is 25.9 Å². The van der Waals surface area contributed by atoms with Crippen molar-refractivity contribution in [2.75, 3.05) is 20.1 Å². The van der Waals surface area contributed by atoms with Crippen molar-refractivity contribution in [1.29, 1.82) is 0 Å². The zero-order chi connectivity index (χ0) is 12.5. The van der Waals surface area contributed by atoms with Gasteiger partial charge >= 0.3 is 0 Å². The third-order valence-electron chi connectivity index (χ3n) is 3.65. The Kier molecular flexibility index (Phi) is 4.79. The molecule has 2 aromatic rings. The molecule has 1 unspecified atom stereocenters. The number of thiazole rings is 1. The van der Waals surface area contributed by atoms with Crippen molar-refractivity contribution in [2.24, 2.45) is 0 Å². The van der Waals surface area contributed by atoms with Crippen LogP contribution in [0.25, 0.3) is 10.2 Å². The van der Waals surface area contributed by atoms with Gasteiger partial charge in [-0.1, -0.05) is 6.07 Å². The molecule has 0 saturated carbocycles. The largest absolute Gasteiger partial charge is 0.316 e. The van der Waals surface area contributed by atoms with Gasteiger partial charge in [0.2, 0.25) is 0 Å². The number of likely N-dealkylation sites (N-methyl/N-ethyl adjacent to an activating group) is 1. The van der Waals surface area contributed by atoms with E-state index in [9.17, 15) is 0 Å². The molecule has 1 N–H and O–H groups in total. The van der Waals surface area contributed by atoms with Crippen LogP contribution < -0.4 is 5.32 Å². The fourth-order valence-electron chi connectivity index (χ4n) is 2.65. The molecule has 3 rings (SSSR count). The van der Waals surface area contributed by atoms with Crippen molar-refractivity contribution in [3.05, 3.63) is 28.8 Å². The normalized spacial score (nSPS) is 19.8. The monoisotopic (exact) mass is 297 g/mol. The summed E-state index contributed by atoms with van der Waals surface area (Å²) in [7, 11) is 2.06.